The molecule has 1 aromatic carbocycles. The molecule has 0 fully saturated rings. The highest BCUT2D eigenvalue weighted by molar-refractivity contribution is 5.97. The van der Waals surface area contributed by atoms with Crippen LogP contribution in [-0.4, -0.2) is 15.1 Å². The van der Waals surface area contributed by atoms with E-state index in [0.717, 1.165) is 5.56 Å². The third-order valence-electron chi connectivity index (χ3n) is 2.43. The predicted molar refractivity (Wildman–Crippen MR) is 63.9 cm³/mol. The number of hydrogen-bond acceptors (Lipinski definition) is 6. The Hall–Kier alpha value is -2.63. The maximum absolute atomic E-state index is 5.81. The summed E-state index contributed by atoms with van der Waals surface area (Å²) >= 11 is 0. The summed E-state index contributed by atoms with van der Waals surface area (Å²) in [4.78, 5) is 7.84. The second-order valence-electron chi connectivity index (χ2n) is 3.54. The number of nitrogen functional groups attached to an aromatic ring is 2. The lowest BCUT2D eigenvalue weighted by molar-refractivity contribution is 0.451. The van der Waals surface area contributed by atoms with Gasteiger partial charge in [-0.05, 0) is 0 Å². The molecule has 0 spiro atoms. The van der Waals surface area contributed by atoms with E-state index in [-0.39, 0.29) is 11.8 Å². The monoisotopic (exact) mass is 227 g/mol. The molecule has 6 nitrogen and oxygen atoms in total. The van der Waals surface area contributed by atoms with Crippen molar-refractivity contribution in [3.8, 4) is 11.3 Å². The standard InChI is InChI=1S/C11H9N5O/c12-9-7-8(6-4-2-1-3-5-6)16-17-10(7)15-11(13)14-9/h1-5H,(H4,12,13,14,15). The van der Waals surface area contributed by atoms with Gasteiger partial charge in [-0.3, -0.25) is 0 Å². The number of rotatable bonds is 1. The quantitative estimate of drug-likeness (QED) is 0.652. The molecule has 0 aliphatic rings. The largest absolute Gasteiger partial charge is 0.383 e. The van der Waals surface area contributed by atoms with Crippen molar-refractivity contribution in [2.45, 2.75) is 0 Å². The Labute approximate surface area is 96.3 Å². The first-order valence-electron chi connectivity index (χ1n) is 4.99. The van der Waals surface area contributed by atoms with E-state index < -0.39 is 0 Å². The molecule has 6 heteroatoms. The van der Waals surface area contributed by atoms with Crippen molar-refractivity contribution in [2.24, 2.45) is 0 Å². The number of fused-ring (bicyclic) bond motifs is 1. The third-order valence-corrected chi connectivity index (χ3v) is 2.43. The normalized spacial score (nSPS) is 10.8. The molecule has 0 unspecified atom stereocenters. The Morgan fingerprint density at radius 2 is 1.76 bits per heavy atom. The average Bonchev–Trinajstić information content (AvgIpc) is 2.74. The summed E-state index contributed by atoms with van der Waals surface area (Å²) < 4.78 is 5.10. The van der Waals surface area contributed by atoms with Crippen molar-refractivity contribution in [1.29, 1.82) is 0 Å². The summed E-state index contributed by atoms with van der Waals surface area (Å²) in [5, 5.41) is 4.54. The molecule has 0 saturated heterocycles. The van der Waals surface area contributed by atoms with Crippen LogP contribution in [0.25, 0.3) is 22.4 Å². The van der Waals surface area contributed by atoms with Crippen LogP contribution in [0.5, 0.6) is 0 Å². The zero-order chi connectivity index (χ0) is 11.8. The van der Waals surface area contributed by atoms with Gasteiger partial charge in [0.1, 0.15) is 16.9 Å². The van der Waals surface area contributed by atoms with Gasteiger partial charge in [0.15, 0.2) is 0 Å². The van der Waals surface area contributed by atoms with Gasteiger partial charge in [0, 0.05) is 5.56 Å². The van der Waals surface area contributed by atoms with Gasteiger partial charge in [-0.15, -0.1) is 0 Å². The molecule has 17 heavy (non-hydrogen) atoms. The highest BCUT2D eigenvalue weighted by Gasteiger charge is 2.15. The molecular weight excluding hydrogens is 218 g/mol. The van der Waals surface area contributed by atoms with E-state index >= 15 is 0 Å². The highest BCUT2D eigenvalue weighted by atomic mass is 16.5. The van der Waals surface area contributed by atoms with Crippen LogP contribution >= 0.6 is 0 Å². The molecule has 0 aliphatic heterocycles. The number of hydrogen-bond donors (Lipinski definition) is 2. The van der Waals surface area contributed by atoms with Crippen LogP contribution in [-0.2, 0) is 0 Å². The minimum Gasteiger partial charge on any atom is -0.383 e. The van der Waals surface area contributed by atoms with Gasteiger partial charge in [-0.25, -0.2) is 0 Å². The van der Waals surface area contributed by atoms with Gasteiger partial charge in [0.25, 0.3) is 5.71 Å². The van der Waals surface area contributed by atoms with Crippen molar-refractivity contribution in [1.82, 2.24) is 15.1 Å². The Morgan fingerprint density at radius 3 is 2.53 bits per heavy atom. The fourth-order valence-corrected chi connectivity index (χ4v) is 1.69. The minimum atomic E-state index is 0.0748. The van der Waals surface area contributed by atoms with Gasteiger partial charge in [-0.2, -0.15) is 9.97 Å². The van der Waals surface area contributed by atoms with Crippen molar-refractivity contribution in [2.75, 3.05) is 11.5 Å². The summed E-state index contributed by atoms with van der Waals surface area (Å²) in [6.07, 6.45) is 0. The molecule has 2 aromatic heterocycles. The van der Waals surface area contributed by atoms with Crippen molar-refractivity contribution >= 4 is 22.9 Å². The molecule has 84 valence electrons. The molecule has 2 heterocycles. The third kappa shape index (κ3) is 1.46. The van der Waals surface area contributed by atoms with Crippen molar-refractivity contribution < 1.29 is 4.52 Å². The topological polar surface area (TPSA) is 104 Å². The molecule has 0 amide bonds. The zero-order valence-corrected chi connectivity index (χ0v) is 8.79. The van der Waals surface area contributed by atoms with Crippen LogP contribution in [0, 0.1) is 0 Å². The van der Waals surface area contributed by atoms with Gasteiger partial charge in [0.05, 0.1) is 0 Å². The van der Waals surface area contributed by atoms with Crippen LogP contribution in [0.15, 0.2) is 34.9 Å². The lowest BCUT2D eigenvalue weighted by atomic mass is 10.1. The molecule has 0 aliphatic carbocycles. The van der Waals surface area contributed by atoms with Gasteiger partial charge in [0.2, 0.25) is 5.95 Å². The lowest BCUT2D eigenvalue weighted by Gasteiger charge is -1.98. The first-order chi connectivity index (χ1) is 8.25. The molecule has 4 N–H and O–H groups in total. The summed E-state index contributed by atoms with van der Waals surface area (Å²) in [7, 11) is 0. The maximum Gasteiger partial charge on any atom is 0.265 e. The van der Waals surface area contributed by atoms with Crippen molar-refractivity contribution in [3.63, 3.8) is 0 Å². The van der Waals surface area contributed by atoms with E-state index in [0.29, 0.717) is 16.8 Å². The van der Waals surface area contributed by atoms with Crippen LogP contribution in [0.4, 0.5) is 11.8 Å². The molecule has 0 atom stereocenters. The first-order valence-corrected chi connectivity index (χ1v) is 4.99. The summed E-state index contributed by atoms with van der Waals surface area (Å²) in [6, 6.07) is 9.55. The lowest BCUT2D eigenvalue weighted by Crippen LogP contribution is -1.99. The van der Waals surface area contributed by atoms with E-state index in [1.54, 1.807) is 0 Å². The molecule has 0 saturated carbocycles. The molecule has 3 rings (SSSR count). The SMILES string of the molecule is Nc1nc(N)c2c(-c3ccccc3)noc2n1. The molecule has 0 bridgehead atoms. The second-order valence-corrected chi connectivity index (χ2v) is 3.54. The maximum atomic E-state index is 5.81. The smallest absolute Gasteiger partial charge is 0.265 e. The van der Waals surface area contributed by atoms with Crippen LogP contribution < -0.4 is 11.5 Å². The number of anilines is 2. The molecule has 3 aromatic rings. The highest BCUT2D eigenvalue weighted by Crippen LogP contribution is 2.30. The van der Waals surface area contributed by atoms with E-state index in [2.05, 4.69) is 15.1 Å². The van der Waals surface area contributed by atoms with E-state index in [1.165, 1.54) is 0 Å². The Kier molecular flexibility index (Phi) is 1.94. The fourth-order valence-electron chi connectivity index (χ4n) is 1.69. The van der Waals surface area contributed by atoms with Crippen LogP contribution in [0.2, 0.25) is 0 Å². The first kappa shape index (κ1) is 9.59. The Bertz CT molecular complexity index is 677. The van der Waals surface area contributed by atoms with Gasteiger partial charge < -0.3 is 16.0 Å². The molecular formula is C11H9N5O. The van der Waals surface area contributed by atoms with E-state index in [1.807, 2.05) is 30.3 Å². The summed E-state index contributed by atoms with van der Waals surface area (Å²) in [5.41, 5.74) is 13.1. The predicted octanol–water partition coefficient (Wildman–Crippen LogP) is 1.45. The summed E-state index contributed by atoms with van der Waals surface area (Å²) in [6.45, 7) is 0. The average molecular weight is 227 g/mol. The van der Waals surface area contributed by atoms with Crippen LogP contribution in [0.3, 0.4) is 0 Å². The Balaban J connectivity index is 2.32. The number of benzene rings is 1. The number of nitrogens with zero attached hydrogens (tertiary/aromatic N) is 3. The Morgan fingerprint density at radius 1 is 1.00 bits per heavy atom. The minimum absolute atomic E-state index is 0.0748. The fraction of sp³-hybridized carbons (Fsp3) is 0. The summed E-state index contributed by atoms with van der Waals surface area (Å²) in [5.74, 6) is 0.346. The van der Waals surface area contributed by atoms with Gasteiger partial charge in [-0.1, -0.05) is 35.5 Å². The van der Waals surface area contributed by atoms with Gasteiger partial charge >= 0.3 is 0 Å². The molecule has 0 radical (unpaired) electrons. The second kappa shape index (κ2) is 3.44. The van der Waals surface area contributed by atoms with Crippen LogP contribution in [0.1, 0.15) is 0 Å². The number of aromatic nitrogens is 3. The zero-order valence-electron chi connectivity index (χ0n) is 8.79. The number of nitrogens with two attached hydrogens (primary N) is 2. The van der Waals surface area contributed by atoms with E-state index in [9.17, 15) is 0 Å². The van der Waals surface area contributed by atoms with Crippen molar-refractivity contribution in [3.05, 3.63) is 30.3 Å². The van der Waals surface area contributed by atoms with E-state index in [4.69, 9.17) is 16.0 Å².